The second-order valence-corrected chi connectivity index (χ2v) is 5.83. The van der Waals surface area contributed by atoms with E-state index in [0.29, 0.717) is 11.5 Å². The van der Waals surface area contributed by atoms with Crippen LogP contribution in [0.5, 0.6) is 0 Å². The van der Waals surface area contributed by atoms with Crippen molar-refractivity contribution in [3.05, 3.63) is 34.5 Å². The van der Waals surface area contributed by atoms with E-state index in [-0.39, 0.29) is 5.97 Å². The van der Waals surface area contributed by atoms with Gasteiger partial charge < -0.3 is 9.30 Å². The number of methoxy groups -OCH3 is 1. The maximum absolute atomic E-state index is 11.7. The zero-order valence-electron chi connectivity index (χ0n) is 11.8. The molecule has 1 aliphatic carbocycles. The fourth-order valence-corrected chi connectivity index (χ4v) is 3.63. The Kier molecular flexibility index (Phi) is 3.47. The Bertz CT molecular complexity index is 669. The molecule has 1 saturated carbocycles. The first-order chi connectivity index (χ1) is 9.63. The Morgan fingerprint density at radius 2 is 2.05 bits per heavy atom. The molecule has 0 saturated heterocycles. The van der Waals surface area contributed by atoms with Crippen LogP contribution in [0.15, 0.2) is 18.2 Å². The number of carbonyl (C=O) groups is 1. The van der Waals surface area contributed by atoms with Crippen molar-refractivity contribution >= 4 is 28.5 Å². The number of hydrogen-bond acceptors (Lipinski definition) is 2. The van der Waals surface area contributed by atoms with Gasteiger partial charge in [-0.05, 0) is 36.5 Å². The van der Waals surface area contributed by atoms with Crippen molar-refractivity contribution in [3.63, 3.8) is 0 Å². The maximum Gasteiger partial charge on any atom is 0.337 e. The summed E-state index contributed by atoms with van der Waals surface area (Å²) in [5.41, 5.74) is 2.81. The summed E-state index contributed by atoms with van der Waals surface area (Å²) in [6, 6.07) is 5.69. The largest absolute Gasteiger partial charge is 0.465 e. The van der Waals surface area contributed by atoms with Crippen LogP contribution in [0.1, 0.15) is 47.5 Å². The average Bonchev–Trinajstić information content (AvgIpc) is 3.06. The van der Waals surface area contributed by atoms with Gasteiger partial charge in [-0.1, -0.05) is 30.5 Å². The molecular weight excluding hydrogens is 274 g/mol. The van der Waals surface area contributed by atoms with Crippen molar-refractivity contribution in [2.24, 2.45) is 7.05 Å². The van der Waals surface area contributed by atoms with Crippen molar-refractivity contribution in [2.45, 2.75) is 31.6 Å². The number of aromatic nitrogens is 1. The Morgan fingerprint density at radius 3 is 2.70 bits per heavy atom. The van der Waals surface area contributed by atoms with Crippen molar-refractivity contribution in [1.29, 1.82) is 0 Å². The van der Waals surface area contributed by atoms with E-state index in [9.17, 15) is 4.79 Å². The van der Waals surface area contributed by atoms with Crippen LogP contribution in [0.4, 0.5) is 0 Å². The molecule has 0 amide bonds. The lowest BCUT2D eigenvalue weighted by atomic mass is 9.96. The van der Waals surface area contributed by atoms with E-state index < -0.39 is 0 Å². The number of ether oxygens (including phenoxy) is 1. The molecule has 2 aromatic rings. The second kappa shape index (κ2) is 5.13. The molecule has 20 heavy (non-hydrogen) atoms. The van der Waals surface area contributed by atoms with Gasteiger partial charge in [-0.3, -0.25) is 0 Å². The van der Waals surface area contributed by atoms with E-state index in [1.165, 1.54) is 38.4 Å². The van der Waals surface area contributed by atoms with Gasteiger partial charge in [0, 0.05) is 12.4 Å². The topological polar surface area (TPSA) is 31.2 Å². The molecule has 0 N–H and O–H groups in total. The minimum Gasteiger partial charge on any atom is -0.465 e. The highest BCUT2D eigenvalue weighted by atomic mass is 35.5. The van der Waals surface area contributed by atoms with Gasteiger partial charge in [0.2, 0.25) is 0 Å². The minimum atomic E-state index is -0.313. The molecule has 0 spiro atoms. The maximum atomic E-state index is 11.7. The van der Waals surface area contributed by atoms with Crippen molar-refractivity contribution in [2.75, 3.05) is 7.11 Å². The van der Waals surface area contributed by atoms with Crippen LogP contribution < -0.4 is 0 Å². The molecule has 0 aliphatic heterocycles. The van der Waals surface area contributed by atoms with E-state index in [2.05, 4.69) is 0 Å². The molecule has 4 heteroatoms. The summed E-state index contributed by atoms with van der Waals surface area (Å²) in [5.74, 6) is 0.238. The third-order valence-corrected chi connectivity index (χ3v) is 4.81. The van der Waals surface area contributed by atoms with Crippen LogP contribution in [0.25, 0.3) is 10.9 Å². The molecule has 1 aromatic carbocycles. The minimum absolute atomic E-state index is 0.313. The monoisotopic (exact) mass is 291 g/mol. The molecule has 1 aromatic heterocycles. The highest BCUT2D eigenvalue weighted by Gasteiger charge is 2.25. The Labute approximate surface area is 123 Å². The number of hydrogen-bond donors (Lipinski definition) is 0. The first kappa shape index (κ1) is 13.5. The standard InChI is InChI=1S/C16H18ClNO2/c1-18-13-9-11(16(19)20-2)7-8-12(13)14(15(18)17)10-5-3-4-6-10/h7-10H,3-6H2,1-2H3. The first-order valence-corrected chi connectivity index (χ1v) is 7.37. The van der Waals surface area contributed by atoms with Gasteiger partial charge >= 0.3 is 5.97 Å². The van der Waals surface area contributed by atoms with E-state index in [1.54, 1.807) is 0 Å². The van der Waals surface area contributed by atoms with E-state index in [4.69, 9.17) is 16.3 Å². The van der Waals surface area contributed by atoms with Crippen LogP contribution in [-0.2, 0) is 11.8 Å². The van der Waals surface area contributed by atoms with Gasteiger partial charge in [0.1, 0.15) is 5.15 Å². The highest BCUT2D eigenvalue weighted by Crippen LogP contribution is 2.42. The van der Waals surface area contributed by atoms with E-state index in [1.807, 2.05) is 29.8 Å². The van der Waals surface area contributed by atoms with Crippen LogP contribution in [0, 0.1) is 0 Å². The summed E-state index contributed by atoms with van der Waals surface area (Å²) in [6.07, 6.45) is 4.96. The molecule has 106 valence electrons. The molecule has 0 atom stereocenters. The molecule has 1 fully saturated rings. The van der Waals surface area contributed by atoms with Gasteiger partial charge in [-0.2, -0.15) is 0 Å². The molecule has 3 nitrogen and oxygen atoms in total. The zero-order chi connectivity index (χ0) is 14.3. The van der Waals surface area contributed by atoms with Gasteiger partial charge in [-0.25, -0.2) is 4.79 Å². The summed E-state index contributed by atoms with van der Waals surface area (Å²) in [7, 11) is 3.35. The summed E-state index contributed by atoms with van der Waals surface area (Å²) >= 11 is 6.53. The highest BCUT2D eigenvalue weighted by molar-refractivity contribution is 6.32. The number of benzene rings is 1. The second-order valence-electron chi connectivity index (χ2n) is 5.47. The number of fused-ring (bicyclic) bond motifs is 1. The number of carbonyl (C=O) groups excluding carboxylic acids is 1. The van der Waals surface area contributed by atoms with E-state index in [0.717, 1.165) is 16.1 Å². The zero-order valence-corrected chi connectivity index (χ0v) is 12.5. The lowest BCUT2D eigenvalue weighted by Crippen LogP contribution is -2.01. The number of aryl methyl sites for hydroxylation is 1. The molecule has 1 aliphatic rings. The number of nitrogens with zero attached hydrogens (tertiary/aromatic N) is 1. The van der Waals surface area contributed by atoms with E-state index >= 15 is 0 Å². The Morgan fingerprint density at radius 1 is 1.35 bits per heavy atom. The summed E-state index contributed by atoms with van der Waals surface area (Å²) in [5, 5.41) is 1.96. The Balaban J connectivity index is 2.17. The quantitative estimate of drug-likeness (QED) is 0.774. The molecule has 1 heterocycles. The molecule has 0 bridgehead atoms. The fraction of sp³-hybridized carbons (Fsp3) is 0.438. The third-order valence-electron chi connectivity index (χ3n) is 4.35. The van der Waals surface area contributed by atoms with Crippen LogP contribution in [0.3, 0.4) is 0 Å². The smallest absolute Gasteiger partial charge is 0.337 e. The predicted octanol–water partition coefficient (Wildman–Crippen LogP) is 4.28. The summed E-state index contributed by atoms with van der Waals surface area (Å²) in [6.45, 7) is 0. The number of rotatable bonds is 2. The molecular formula is C16H18ClNO2. The van der Waals surface area contributed by atoms with Gasteiger partial charge in [0.15, 0.2) is 0 Å². The van der Waals surface area contributed by atoms with Crippen molar-refractivity contribution < 1.29 is 9.53 Å². The SMILES string of the molecule is COC(=O)c1ccc2c(C3CCCC3)c(Cl)n(C)c2c1. The molecule has 0 radical (unpaired) electrons. The van der Waals surface area contributed by atoms with Crippen molar-refractivity contribution in [3.8, 4) is 0 Å². The van der Waals surface area contributed by atoms with Crippen molar-refractivity contribution in [1.82, 2.24) is 4.57 Å². The lowest BCUT2D eigenvalue weighted by Gasteiger charge is -2.08. The average molecular weight is 292 g/mol. The third kappa shape index (κ3) is 2.01. The summed E-state index contributed by atoms with van der Waals surface area (Å²) < 4.78 is 6.75. The van der Waals surface area contributed by atoms with Gasteiger partial charge in [0.05, 0.1) is 18.2 Å². The van der Waals surface area contributed by atoms with Crippen LogP contribution in [0.2, 0.25) is 5.15 Å². The number of halogens is 1. The fourth-order valence-electron chi connectivity index (χ4n) is 3.28. The Hall–Kier alpha value is -1.48. The van der Waals surface area contributed by atoms with Crippen LogP contribution >= 0.6 is 11.6 Å². The molecule has 3 rings (SSSR count). The molecule has 0 unspecified atom stereocenters. The van der Waals surface area contributed by atoms with Gasteiger partial charge in [-0.15, -0.1) is 0 Å². The normalized spacial score (nSPS) is 15.9. The van der Waals surface area contributed by atoms with Crippen LogP contribution in [-0.4, -0.2) is 17.6 Å². The summed E-state index contributed by atoms with van der Waals surface area (Å²) in [4.78, 5) is 11.7. The van der Waals surface area contributed by atoms with Gasteiger partial charge in [0.25, 0.3) is 0 Å². The predicted molar refractivity (Wildman–Crippen MR) is 80.5 cm³/mol. The first-order valence-electron chi connectivity index (χ1n) is 6.99. The lowest BCUT2D eigenvalue weighted by molar-refractivity contribution is 0.0601. The number of esters is 1.